The van der Waals surface area contributed by atoms with Crippen LogP contribution in [0.2, 0.25) is 0 Å². The molecular weight excluding hydrogens is 575 g/mol. The smallest absolute Gasteiger partial charge is 0.224 e. The van der Waals surface area contributed by atoms with Crippen LogP contribution in [0.3, 0.4) is 0 Å². The van der Waals surface area contributed by atoms with Crippen LogP contribution in [0.4, 0.5) is 5.69 Å². The second-order valence-electron chi connectivity index (χ2n) is 3.53. The lowest BCUT2D eigenvalue weighted by Gasteiger charge is -2.08. The number of carbonyl (C=O) groups excluding carboxylic acids is 2. The molecule has 0 heterocycles. The molecule has 0 aliphatic heterocycles. The topological polar surface area (TPSA) is 69.2 Å². The highest BCUT2D eigenvalue weighted by atomic mass is 127. The number of benzene rings is 1. The van der Waals surface area contributed by atoms with E-state index in [9.17, 15) is 14.7 Å². The lowest BCUT2D eigenvalue weighted by atomic mass is 10.2. The molecule has 0 bridgehead atoms. The Hall–Kier alpha value is 0.350. The summed E-state index contributed by atoms with van der Waals surface area (Å²) in [7, 11) is 0. The van der Waals surface area contributed by atoms with Crippen LogP contribution in [-0.4, -0.2) is 11.9 Å². The summed E-state index contributed by atoms with van der Waals surface area (Å²) in [5, 5.41) is 13.0. The summed E-state index contributed by atoms with van der Waals surface area (Å²) in [4.78, 5) is 21.8. The van der Waals surface area contributed by atoms with Crippen molar-refractivity contribution in [1.82, 2.24) is 0 Å². The van der Waals surface area contributed by atoms with Gasteiger partial charge in [0, 0.05) is 28.8 Å². The van der Waals surface area contributed by atoms with Crippen molar-refractivity contribution in [1.29, 1.82) is 0 Å². The third-order valence-electron chi connectivity index (χ3n) is 2.05. The maximum Gasteiger partial charge on any atom is 0.224 e. The van der Waals surface area contributed by atoms with Crippen molar-refractivity contribution >= 4 is 85.3 Å². The third-order valence-corrected chi connectivity index (χ3v) is 6.98. The summed E-state index contributed by atoms with van der Waals surface area (Å²) in [5.41, 5.74) is 0.739. The van der Waals surface area contributed by atoms with E-state index in [0.717, 1.165) is 16.4 Å². The molecule has 0 aliphatic carbocycles. The summed E-state index contributed by atoms with van der Waals surface area (Å²) >= 11 is 6.67. The highest BCUT2D eigenvalue weighted by molar-refractivity contribution is 14.1. The van der Waals surface area contributed by atoms with E-state index in [4.69, 9.17) is 0 Å². The first kappa shape index (κ1) is 16.4. The van der Waals surface area contributed by atoms with Gasteiger partial charge in [0.1, 0.15) is 0 Å². The Kier molecular flexibility index (Phi) is 7.13. The fraction of sp³-hybridized carbons (Fsp3) is 0.273. The standard InChI is InChI=1S/C11H10I3NO3/c12-7-4-6(5-8(13)11(7)14)15-9(16)2-1-3-10(17)18/h4-5H,1-3H2,(H,15,16)(H,17,18)/p-1. The molecule has 0 aromatic heterocycles. The van der Waals surface area contributed by atoms with Crippen LogP contribution in [0.15, 0.2) is 12.1 Å². The number of halogens is 3. The summed E-state index contributed by atoms with van der Waals surface area (Å²) in [5.74, 6) is -1.30. The predicted molar refractivity (Wildman–Crippen MR) is 92.1 cm³/mol. The van der Waals surface area contributed by atoms with Gasteiger partial charge in [-0.2, -0.15) is 0 Å². The van der Waals surface area contributed by atoms with Gasteiger partial charge in [0.15, 0.2) is 0 Å². The molecule has 1 aromatic carbocycles. The number of carbonyl (C=O) groups is 2. The largest absolute Gasteiger partial charge is 0.550 e. The van der Waals surface area contributed by atoms with Gasteiger partial charge in [-0.05, 0) is 92.7 Å². The summed E-state index contributed by atoms with van der Waals surface area (Å²) in [6.07, 6.45) is 0.398. The van der Waals surface area contributed by atoms with Gasteiger partial charge < -0.3 is 15.2 Å². The van der Waals surface area contributed by atoms with E-state index in [0.29, 0.717) is 6.42 Å². The molecule has 4 nitrogen and oxygen atoms in total. The minimum Gasteiger partial charge on any atom is -0.550 e. The van der Waals surface area contributed by atoms with Gasteiger partial charge in [0.05, 0.1) is 0 Å². The monoisotopic (exact) mass is 584 g/mol. The second kappa shape index (κ2) is 7.82. The SMILES string of the molecule is O=C([O-])CCCC(=O)Nc1cc(I)c(I)c(I)c1. The molecule has 0 radical (unpaired) electrons. The Morgan fingerprint density at radius 2 is 1.67 bits per heavy atom. The molecular formula is C11H9I3NO3-. The fourth-order valence-electron chi connectivity index (χ4n) is 1.24. The molecule has 0 aliphatic rings. The van der Waals surface area contributed by atoms with E-state index in [2.05, 4.69) is 73.1 Å². The van der Waals surface area contributed by atoms with Crippen LogP contribution in [0.1, 0.15) is 19.3 Å². The average molecular weight is 584 g/mol. The summed E-state index contributed by atoms with van der Waals surface area (Å²) in [6.45, 7) is 0. The quantitative estimate of drug-likeness (QED) is 0.428. The Morgan fingerprint density at radius 3 is 2.17 bits per heavy atom. The highest BCUT2D eigenvalue weighted by Crippen LogP contribution is 2.25. The Bertz CT molecular complexity index is 454. The van der Waals surface area contributed by atoms with Crippen molar-refractivity contribution in [2.75, 3.05) is 5.32 Å². The van der Waals surface area contributed by atoms with Gasteiger partial charge in [0.25, 0.3) is 0 Å². The first-order chi connectivity index (χ1) is 8.40. The van der Waals surface area contributed by atoms with Crippen LogP contribution in [0.25, 0.3) is 0 Å². The summed E-state index contributed by atoms with van der Waals surface area (Å²) < 4.78 is 3.30. The van der Waals surface area contributed by atoms with E-state index >= 15 is 0 Å². The molecule has 0 saturated carbocycles. The van der Waals surface area contributed by atoms with Gasteiger partial charge >= 0.3 is 0 Å². The molecule has 0 fully saturated rings. The molecule has 0 atom stereocenters. The number of carboxylic acid groups (broad SMARTS) is 1. The van der Waals surface area contributed by atoms with Crippen LogP contribution >= 0.6 is 67.8 Å². The van der Waals surface area contributed by atoms with Crippen molar-refractivity contribution in [3.05, 3.63) is 22.8 Å². The maximum absolute atomic E-state index is 11.6. The van der Waals surface area contributed by atoms with Crippen molar-refractivity contribution in [2.24, 2.45) is 0 Å². The highest BCUT2D eigenvalue weighted by Gasteiger charge is 2.07. The molecule has 0 spiro atoms. The zero-order valence-electron chi connectivity index (χ0n) is 9.13. The van der Waals surface area contributed by atoms with Gasteiger partial charge in [-0.3, -0.25) is 4.79 Å². The molecule has 1 amide bonds. The van der Waals surface area contributed by atoms with Crippen molar-refractivity contribution in [3.8, 4) is 0 Å². The van der Waals surface area contributed by atoms with Crippen molar-refractivity contribution in [3.63, 3.8) is 0 Å². The number of amides is 1. The van der Waals surface area contributed by atoms with Gasteiger partial charge in [-0.25, -0.2) is 0 Å². The minimum atomic E-state index is -1.12. The fourth-order valence-corrected chi connectivity index (χ4v) is 3.32. The van der Waals surface area contributed by atoms with Gasteiger partial charge in [0.2, 0.25) is 5.91 Å². The number of aliphatic carboxylic acids is 1. The minimum absolute atomic E-state index is 0.0881. The van der Waals surface area contributed by atoms with E-state index < -0.39 is 5.97 Å². The zero-order valence-corrected chi connectivity index (χ0v) is 15.6. The molecule has 1 rings (SSSR count). The van der Waals surface area contributed by atoms with E-state index in [1.54, 1.807) is 0 Å². The average Bonchev–Trinajstić information content (AvgIpc) is 2.25. The lowest BCUT2D eigenvalue weighted by molar-refractivity contribution is -0.305. The Morgan fingerprint density at radius 1 is 1.11 bits per heavy atom. The van der Waals surface area contributed by atoms with Crippen molar-refractivity contribution in [2.45, 2.75) is 19.3 Å². The van der Waals surface area contributed by atoms with E-state index in [-0.39, 0.29) is 18.7 Å². The molecule has 7 heteroatoms. The van der Waals surface area contributed by atoms with Crippen LogP contribution in [-0.2, 0) is 9.59 Å². The second-order valence-corrected chi connectivity index (χ2v) is 6.93. The zero-order chi connectivity index (χ0) is 13.7. The predicted octanol–water partition coefficient (Wildman–Crippen LogP) is 2.36. The van der Waals surface area contributed by atoms with Gasteiger partial charge in [-0.15, -0.1) is 0 Å². The Labute approximate surface area is 146 Å². The number of hydrogen-bond acceptors (Lipinski definition) is 3. The first-order valence-corrected chi connectivity index (χ1v) is 8.28. The van der Waals surface area contributed by atoms with Crippen molar-refractivity contribution < 1.29 is 14.7 Å². The third kappa shape index (κ3) is 5.55. The van der Waals surface area contributed by atoms with Crippen LogP contribution in [0, 0.1) is 10.7 Å². The molecule has 0 unspecified atom stereocenters. The normalized spacial score (nSPS) is 10.2. The summed E-state index contributed by atoms with van der Waals surface area (Å²) in [6, 6.07) is 3.78. The van der Waals surface area contributed by atoms with E-state index in [1.165, 1.54) is 0 Å². The number of hydrogen-bond donors (Lipinski definition) is 1. The first-order valence-electron chi connectivity index (χ1n) is 5.04. The van der Waals surface area contributed by atoms with Gasteiger partial charge in [-0.1, -0.05) is 0 Å². The molecule has 1 N–H and O–H groups in total. The van der Waals surface area contributed by atoms with E-state index in [1.807, 2.05) is 12.1 Å². The molecule has 18 heavy (non-hydrogen) atoms. The van der Waals surface area contributed by atoms with Crippen LogP contribution < -0.4 is 10.4 Å². The number of anilines is 1. The number of carboxylic acids is 1. The maximum atomic E-state index is 11.6. The number of rotatable bonds is 5. The van der Waals surface area contributed by atoms with Crippen LogP contribution in [0.5, 0.6) is 0 Å². The molecule has 1 aromatic rings. The number of nitrogens with one attached hydrogen (secondary N) is 1. The molecule has 98 valence electrons. The Balaban J connectivity index is 2.57. The lowest BCUT2D eigenvalue weighted by Crippen LogP contribution is -2.22. The molecule has 0 saturated heterocycles.